The lowest BCUT2D eigenvalue weighted by Crippen LogP contribution is -2.62. The normalized spacial score (nSPS) is 26.7. The van der Waals surface area contributed by atoms with Crippen molar-refractivity contribution in [2.75, 3.05) is 53.4 Å². The Morgan fingerprint density at radius 1 is 1.05 bits per heavy atom. The maximum absolute atomic E-state index is 16.1. The molecule has 0 radical (unpaired) electrons. The topological polar surface area (TPSA) is 147 Å². The largest absolute Gasteiger partial charge is 0.496 e. The summed E-state index contributed by atoms with van der Waals surface area (Å²) in [5.74, 6) is -0.703. The summed E-state index contributed by atoms with van der Waals surface area (Å²) in [6, 6.07) is 15.7. The number of methoxy groups -OCH3 is 1. The maximum atomic E-state index is 16.1. The van der Waals surface area contributed by atoms with Crippen molar-refractivity contribution >= 4 is 17.5 Å². The van der Waals surface area contributed by atoms with Gasteiger partial charge in [0.05, 0.1) is 32.4 Å². The molecule has 0 aromatic heterocycles. The summed E-state index contributed by atoms with van der Waals surface area (Å²) in [6.07, 6.45) is -0.886. The first kappa shape index (κ1) is 43.5. The molecular formula is C45H62FN5O7. The molecule has 10 atom stereocenters. The van der Waals surface area contributed by atoms with Crippen molar-refractivity contribution in [2.24, 2.45) is 29.1 Å². The third-order valence-corrected chi connectivity index (χ3v) is 13.2. The van der Waals surface area contributed by atoms with Crippen molar-refractivity contribution in [3.8, 4) is 16.9 Å². The molecule has 316 valence electrons. The molecule has 3 aromatic rings. The molecule has 7 rings (SSSR count). The van der Waals surface area contributed by atoms with E-state index in [-0.39, 0.29) is 41.1 Å². The summed E-state index contributed by atoms with van der Waals surface area (Å²) in [5.41, 5.74) is 3.09. The zero-order valence-electron chi connectivity index (χ0n) is 35.3. The van der Waals surface area contributed by atoms with Gasteiger partial charge in [0, 0.05) is 55.0 Å². The first-order valence-corrected chi connectivity index (χ1v) is 20.4. The lowest BCUT2D eigenvalue weighted by Gasteiger charge is -2.62. The van der Waals surface area contributed by atoms with E-state index >= 15 is 4.39 Å². The molecule has 0 spiro atoms. The van der Waals surface area contributed by atoms with Gasteiger partial charge in [-0.25, -0.2) is 4.39 Å². The lowest BCUT2D eigenvalue weighted by molar-refractivity contribution is -0.183. The van der Waals surface area contributed by atoms with Crippen LogP contribution in [0.2, 0.25) is 0 Å². The number of carbonyl (C=O) groups excluding carboxylic acids is 2. The number of benzene rings is 3. The molecular weight excluding hydrogens is 742 g/mol. The third kappa shape index (κ3) is 8.62. The van der Waals surface area contributed by atoms with E-state index in [0.717, 1.165) is 12.8 Å². The number of amides is 2. The van der Waals surface area contributed by atoms with E-state index in [2.05, 4.69) is 31.4 Å². The quantitative estimate of drug-likeness (QED) is 0.148. The molecule has 4 fully saturated rings. The van der Waals surface area contributed by atoms with Gasteiger partial charge in [-0.05, 0) is 98.5 Å². The van der Waals surface area contributed by atoms with Crippen molar-refractivity contribution in [2.45, 2.75) is 83.5 Å². The fourth-order valence-electron chi connectivity index (χ4n) is 9.76. The van der Waals surface area contributed by atoms with Gasteiger partial charge >= 0.3 is 0 Å². The van der Waals surface area contributed by atoms with Crippen molar-refractivity contribution < 1.29 is 38.9 Å². The van der Waals surface area contributed by atoms with Crippen LogP contribution in [0.4, 0.5) is 10.1 Å². The molecule has 3 saturated carbocycles. The zero-order valence-corrected chi connectivity index (χ0v) is 35.3. The van der Waals surface area contributed by atoms with Gasteiger partial charge in [0.2, 0.25) is 5.91 Å². The number of fused-ring (bicyclic) bond motifs is 2. The predicted molar refractivity (Wildman–Crippen MR) is 221 cm³/mol. The number of hydrogen-bond acceptors (Lipinski definition) is 10. The monoisotopic (exact) mass is 803 g/mol. The highest BCUT2D eigenvalue weighted by atomic mass is 19.1. The SMILES string of the molecule is COc1c(-c2cc(C(=O)N[C@H](CN(C)C)C(O)c3ccccc3)cc(N(C)C)c2)ccc(F)c1CN1O[C@@H](CO)[C@@H]([C@H](C)O)[C@H]1C(=O)N[C@H]1C[C@@H]2C[C@H]([C@@H]1C)C2(C)C. The highest BCUT2D eigenvalue weighted by Crippen LogP contribution is 2.61. The molecule has 4 aliphatic rings. The molecule has 1 saturated heterocycles. The maximum Gasteiger partial charge on any atom is 0.251 e. The number of carbonyl (C=O) groups is 2. The fraction of sp³-hybridized carbons (Fsp3) is 0.556. The molecule has 2 amide bonds. The summed E-state index contributed by atoms with van der Waals surface area (Å²) in [7, 11) is 8.88. The number of rotatable bonds is 15. The number of hydroxylamine groups is 2. The van der Waals surface area contributed by atoms with Gasteiger partial charge in [-0.2, -0.15) is 5.06 Å². The van der Waals surface area contributed by atoms with E-state index in [9.17, 15) is 24.9 Å². The fourth-order valence-corrected chi connectivity index (χ4v) is 9.76. The molecule has 1 unspecified atom stereocenters. The Hall–Kier alpha value is -4.11. The smallest absolute Gasteiger partial charge is 0.251 e. The molecule has 58 heavy (non-hydrogen) atoms. The second kappa shape index (κ2) is 17.6. The van der Waals surface area contributed by atoms with Crippen molar-refractivity contribution in [1.82, 2.24) is 20.6 Å². The van der Waals surface area contributed by atoms with Crippen LogP contribution in [0.25, 0.3) is 11.1 Å². The van der Waals surface area contributed by atoms with Crippen LogP contribution in [0.5, 0.6) is 5.75 Å². The minimum Gasteiger partial charge on any atom is -0.496 e. The van der Waals surface area contributed by atoms with E-state index in [1.54, 1.807) is 25.1 Å². The number of ether oxygens (including phenoxy) is 1. The van der Waals surface area contributed by atoms with Gasteiger partial charge < -0.3 is 40.5 Å². The highest BCUT2D eigenvalue weighted by Gasteiger charge is 2.57. The van der Waals surface area contributed by atoms with Gasteiger partial charge in [-0.15, -0.1) is 0 Å². The Bertz CT molecular complexity index is 1930. The molecule has 12 nitrogen and oxygen atoms in total. The van der Waals surface area contributed by atoms with Gasteiger partial charge in [0.15, 0.2) is 0 Å². The Labute approximate surface area is 342 Å². The summed E-state index contributed by atoms with van der Waals surface area (Å²) in [5, 5.41) is 40.3. The first-order chi connectivity index (χ1) is 27.5. The Kier molecular flexibility index (Phi) is 13.2. The van der Waals surface area contributed by atoms with E-state index in [1.165, 1.54) is 18.2 Å². The summed E-state index contributed by atoms with van der Waals surface area (Å²) in [4.78, 5) is 38.3. The second-order valence-electron chi connectivity index (χ2n) is 17.7. The average molecular weight is 804 g/mol. The van der Waals surface area contributed by atoms with Crippen LogP contribution in [0.15, 0.2) is 60.7 Å². The van der Waals surface area contributed by atoms with Crippen molar-refractivity contribution in [3.63, 3.8) is 0 Å². The zero-order chi connectivity index (χ0) is 42.2. The van der Waals surface area contributed by atoms with E-state index in [1.807, 2.05) is 74.4 Å². The number of halogens is 1. The summed E-state index contributed by atoms with van der Waals surface area (Å²) in [6.45, 7) is 8.04. The Morgan fingerprint density at radius 2 is 1.76 bits per heavy atom. The number of nitrogens with zero attached hydrogens (tertiary/aromatic N) is 3. The number of aliphatic hydroxyl groups excluding tert-OH is 3. The third-order valence-electron chi connectivity index (χ3n) is 13.2. The second-order valence-corrected chi connectivity index (χ2v) is 17.7. The van der Waals surface area contributed by atoms with E-state index in [4.69, 9.17) is 9.57 Å². The average Bonchev–Trinajstić information content (AvgIpc) is 3.57. The van der Waals surface area contributed by atoms with Crippen LogP contribution in [-0.2, 0) is 16.2 Å². The highest BCUT2D eigenvalue weighted by molar-refractivity contribution is 5.97. The summed E-state index contributed by atoms with van der Waals surface area (Å²) < 4.78 is 22.0. The molecule has 3 aliphatic carbocycles. The van der Waals surface area contributed by atoms with Crippen LogP contribution in [0.1, 0.15) is 68.1 Å². The number of nitrogens with one attached hydrogen (secondary N) is 2. The molecule has 5 N–H and O–H groups in total. The standard InChI is InChI=1S/C45H62FN5O7/c1-25-34-20-30(45(34,3)4)21-36(25)47-44(56)40-39(26(2)53)38(24-52)58-51(40)22-33-35(46)16-15-32(42(33)57-9)28-17-29(19-31(18-28)50(7)8)43(55)48-37(23-49(5)6)41(54)27-13-11-10-12-14-27/h10-19,25-26,30,34,36-41,52-54H,20-24H2,1-9H3,(H,47,56)(H,48,55)/t25-,26-,30-,34+,36-,37+,38-,39+,40-,41?/m0/s1. The van der Waals surface area contributed by atoms with Crippen LogP contribution in [0, 0.1) is 34.9 Å². The van der Waals surface area contributed by atoms with Crippen LogP contribution >= 0.6 is 0 Å². The molecule has 2 bridgehead atoms. The van der Waals surface area contributed by atoms with Gasteiger partial charge in [-0.3, -0.25) is 14.4 Å². The number of anilines is 1. The van der Waals surface area contributed by atoms with Gasteiger partial charge in [0.1, 0.15) is 29.8 Å². The van der Waals surface area contributed by atoms with Crippen LogP contribution in [-0.4, -0.2) is 116 Å². The Morgan fingerprint density at radius 3 is 2.34 bits per heavy atom. The summed E-state index contributed by atoms with van der Waals surface area (Å²) >= 11 is 0. The number of aliphatic hydroxyl groups is 3. The molecule has 3 aromatic carbocycles. The first-order valence-electron chi connectivity index (χ1n) is 20.4. The van der Waals surface area contributed by atoms with Crippen molar-refractivity contribution in [3.05, 3.63) is 83.2 Å². The molecule has 1 aliphatic heterocycles. The minimum atomic E-state index is -1.03. The minimum absolute atomic E-state index is 0.0568. The van der Waals surface area contributed by atoms with Gasteiger partial charge in [-0.1, -0.05) is 51.1 Å². The van der Waals surface area contributed by atoms with Gasteiger partial charge in [0.25, 0.3) is 5.91 Å². The number of hydrogen-bond donors (Lipinski definition) is 5. The van der Waals surface area contributed by atoms with E-state index in [0.29, 0.717) is 46.3 Å². The number of likely N-dealkylation sites (N-methyl/N-ethyl adjacent to an activating group) is 1. The lowest BCUT2D eigenvalue weighted by atomic mass is 9.45. The molecule has 13 heteroatoms. The van der Waals surface area contributed by atoms with Crippen molar-refractivity contribution in [1.29, 1.82) is 0 Å². The predicted octanol–water partition coefficient (Wildman–Crippen LogP) is 4.62. The van der Waals surface area contributed by atoms with E-state index < -0.39 is 54.6 Å². The van der Waals surface area contributed by atoms with Crippen LogP contribution < -0.4 is 20.3 Å². The Balaban J connectivity index is 1.32. The van der Waals surface area contributed by atoms with Crippen LogP contribution in [0.3, 0.4) is 0 Å². The molecule has 1 heterocycles.